The van der Waals surface area contributed by atoms with E-state index in [-0.39, 0.29) is 17.2 Å². The molecule has 1 aromatic carbocycles. The maximum Gasteiger partial charge on any atom is 0.425 e. The van der Waals surface area contributed by atoms with Crippen LogP contribution in [0.4, 0.5) is 18.9 Å². The summed E-state index contributed by atoms with van der Waals surface area (Å²) < 4.78 is 44.8. The summed E-state index contributed by atoms with van der Waals surface area (Å²) in [5.41, 5.74) is -3.06. The van der Waals surface area contributed by atoms with Crippen molar-refractivity contribution in [3.63, 3.8) is 0 Å². The minimum absolute atomic E-state index is 0.0415. The van der Waals surface area contributed by atoms with Gasteiger partial charge in [-0.2, -0.15) is 13.2 Å². The average Bonchev–Trinajstić information content (AvgIpc) is 2.89. The van der Waals surface area contributed by atoms with Crippen molar-refractivity contribution in [2.45, 2.75) is 32.0 Å². The molecular weight excluding hydrogens is 327 g/mol. The van der Waals surface area contributed by atoms with Crippen molar-refractivity contribution < 1.29 is 32.6 Å². The van der Waals surface area contributed by atoms with E-state index in [1.165, 1.54) is 25.1 Å². The maximum absolute atomic E-state index is 13.3. The number of aromatic hydroxyl groups is 1. The average molecular weight is 343 g/mol. The molecule has 130 valence electrons. The van der Waals surface area contributed by atoms with Crippen LogP contribution in [0.3, 0.4) is 0 Å². The van der Waals surface area contributed by atoms with E-state index in [1.54, 1.807) is 13.0 Å². The number of phenols is 1. The largest absolute Gasteiger partial charge is 0.505 e. The lowest BCUT2D eigenvalue weighted by atomic mass is 9.95. The van der Waals surface area contributed by atoms with Crippen molar-refractivity contribution in [1.82, 2.24) is 0 Å². The summed E-state index contributed by atoms with van der Waals surface area (Å²) in [7, 11) is 0. The van der Waals surface area contributed by atoms with Gasteiger partial charge in [0.25, 0.3) is 0 Å². The topological polar surface area (TPSA) is 82.7 Å². The minimum atomic E-state index is -5.12. The summed E-state index contributed by atoms with van der Waals surface area (Å²) in [6.45, 7) is 2.99. The fourth-order valence-electron chi connectivity index (χ4n) is 2.17. The first-order chi connectivity index (χ1) is 11.0. The quantitative estimate of drug-likeness (QED) is 0.743. The highest BCUT2D eigenvalue weighted by atomic mass is 19.4. The van der Waals surface area contributed by atoms with Crippen LogP contribution in [0.2, 0.25) is 0 Å². The number of benzene rings is 1. The van der Waals surface area contributed by atoms with Crippen LogP contribution in [0, 0.1) is 13.8 Å². The first-order valence-electron chi connectivity index (χ1n) is 6.99. The molecule has 0 saturated heterocycles. The fraction of sp³-hybridized carbons (Fsp3) is 0.312. The van der Waals surface area contributed by atoms with Gasteiger partial charge in [-0.1, -0.05) is 12.1 Å². The number of rotatable bonds is 4. The number of phenolic OH excluding ortho intramolecular Hbond substituents is 1. The third kappa shape index (κ3) is 3.38. The van der Waals surface area contributed by atoms with Crippen molar-refractivity contribution in [3.8, 4) is 5.75 Å². The van der Waals surface area contributed by atoms with E-state index in [1.807, 2.05) is 0 Å². The van der Waals surface area contributed by atoms with Crippen LogP contribution in [0.1, 0.15) is 23.5 Å². The fourth-order valence-corrected chi connectivity index (χ4v) is 2.17. The Morgan fingerprint density at radius 2 is 1.88 bits per heavy atom. The number of halogens is 3. The van der Waals surface area contributed by atoms with Gasteiger partial charge in [0, 0.05) is 0 Å². The third-order valence-corrected chi connectivity index (χ3v) is 3.55. The number of carbonyl (C=O) groups excluding carboxylic acids is 1. The number of nitrogens with one attached hydrogen (secondary N) is 1. The van der Waals surface area contributed by atoms with Gasteiger partial charge in [0.1, 0.15) is 17.3 Å². The molecule has 2 rings (SSSR count). The second-order valence-corrected chi connectivity index (χ2v) is 5.46. The summed E-state index contributed by atoms with van der Waals surface area (Å²) in [5.74, 6) is -1.97. The van der Waals surface area contributed by atoms with Gasteiger partial charge < -0.3 is 19.9 Å². The molecule has 0 aliphatic carbocycles. The molecule has 5 nitrogen and oxygen atoms in total. The van der Waals surface area contributed by atoms with Crippen LogP contribution < -0.4 is 5.32 Å². The molecule has 1 amide bonds. The number of anilines is 1. The highest BCUT2D eigenvalue weighted by molar-refractivity contribution is 5.93. The maximum atomic E-state index is 13.3. The zero-order chi connectivity index (χ0) is 18.1. The van der Waals surface area contributed by atoms with Crippen molar-refractivity contribution in [2.24, 2.45) is 0 Å². The Bertz CT molecular complexity index is 754. The van der Waals surface area contributed by atoms with Crippen LogP contribution in [-0.4, -0.2) is 22.3 Å². The van der Waals surface area contributed by atoms with Gasteiger partial charge in [0.05, 0.1) is 12.1 Å². The van der Waals surface area contributed by atoms with Crippen molar-refractivity contribution in [2.75, 3.05) is 5.32 Å². The molecule has 0 bridgehead atoms. The van der Waals surface area contributed by atoms with Crippen molar-refractivity contribution in [1.29, 1.82) is 0 Å². The van der Waals surface area contributed by atoms with Gasteiger partial charge in [-0.15, -0.1) is 0 Å². The Labute approximate surface area is 135 Å². The Balaban J connectivity index is 2.27. The molecule has 24 heavy (non-hydrogen) atoms. The summed E-state index contributed by atoms with van der Waals surface area (Å²) in [4.78, 5) is 12.0. The summed E-state index contributed by atoms with van der Waals surface area (Å²) in [6.07, 6.45) is -6.43. The molecule has 3 N–H and O–H groups in total. The zero-order valence-corrected chi connectivity index (χ0v) is 12.9. The van der Waals surface area contributed by atoms with E-state index < -0.39 is 29.9 Å². The highest BCUT2D eigenvalue weighted by Crippen LogP contribution is 2.42. The van der Waals surface area contributed by atoms with Gasteiger partial charge in [-0.05, 0) is 37.6 Å². The molecule has 1 atom stereocenters. The second-order valence-electron chi connectivity index (χ2n) is 5.46. The molecule has 0 saturated carbocycles. The number of aryl methyl sites for hydroxylation is 2. The Hall–Kier alpha value is -2.48. The lowest BCUT2D eigenvalue weighted by Gasteiger charge is -2.28. The molecule has 1 heterocycles. The van der Waals surface area contributed by atoms with Crippen LogP contribution in [0.25, 0.3) is 0 Å². The van der Waals surface area contributed by atoms with E-state index in [9.17, 15) is 28.2 Å². The SMILES string of the molecule is Cc1ccc(C(O)(CC(=O)Nc2cccc(C)c2O)C(F)(F)F)o1. The minimum Gasteiger partial charge on any atom is -0.505 e. The second kappa shape index (κ2) is 6.20. The Morgan fingerprint density at radius 1 is 1.21 bits per heavy atom. The van der Waals surface area contributed by atoms with Crippen LogP contribution >= 0.6 is 0 Å². The lowest BCUT2D eigenvalue weighted by molar-refractivity contribution is -0.272. The van der Waals surface area contributed by atoms with Crippen LogP contribution in [0.15, 0.2) is 34.7 Å². The number of hydrogen-bond acceptors (Lipinski definition) is 4. The Morgan fingerprint density at radius 3 is 2.42 bits per heavy atom. The number of alkyl halides is 3. The molecule has 2 aromatic rings. The van der Waals surface area contributed by atoms with E-state index in [0.29, 0.717) is 5.56 Å². The normalized spacial score (nSPS) is 14.2. The summed E-state index contributed by atoms with van der Waals surface area (Å²) >= 11 is 0. The number of carbonyl (C=O) groups is 1. The highest BCUT2D eigenvalue weighted by Gasteiger charge is 2.58. The molecule has 0 fully saturated rings. The van der Waals surface area contributed by atoms with Crippen LogP contribution in [-0.2, 0) is 10.4 Å². The monoisotopic (exact) mass is 343 g/mol. The first-order valence-corrected chi connectivity index (χ1v) is 6.99. The lowest BCUT2D eigenvalue weighted by Crippen LogP contribution is -2.44. The standard InChI is InChI=1S/C16H16F3NO4/c1-9-4-3-5-11(14(9)22)20-13(21)8-15(23,16(17,18)19)12-7-6-10(2)24-12/h3-7,22-23H,8H2,1-2H3,(H,20,21). The van der Waals surface area contributed by atoms with Crippen molar-refractivity contribution in [3.05, 3.63) is 47.4 Å². The van der Waals surface area contributed by atoms with Gasteiger partial charge in [-0.3, -0.25) is 4.79 Å². The van der Waals surface area contributed by atoms with E-state index in [4.69, 9.17) is 4.42 Å². The molecule has 8 heteroatoms. The summed E-state index contributed by atoms with van der Waals surface area (Å²) in [5, 5.41) is 22.0. The van der Waals surface area contributed by atoms with Gasteiger partial charge in [0.15, 0.2) is 0 Å². The Kier molecular flexibility index (Phi) is 4.61. The number of hydrogen-bond donors (Lipinski definition) is 3. The van der Waals surface area contributed by atoms with Crippen molar-refractivity contribution >= 4 is 11.6 Å². The number of amides is 1. The molecule has 0 aliphatic heterocycles. The number of para-hydroxylation sites is 1. The number of aliphatic hydroxyl groups is 1. The van der Waals surface area contributed by atoms with E-state index >= 15 is 0 Å². The first kappa shape index (κ1) is 17.9. The summed E-state index contributed by atoms with van der Waals surface area (Å²) in [6, 6.07) is 6.67. The predicted molar refractivity (Wildman–Crippen MR) is 79.5 cm³/mol. The van der Waals surface area contributed by atoms with E-state index in [2.05, 4.69) is 5.32 Å². The predicted octanol–water partition coefficient (Wildman–Crippen LogP) is 3.38. The number of furan rings is 1. The molecule has 0 radical (unpaired) electrons. The van der Waals surface area contributed by atoms with Crippen LogP contribution in [0.5, 0.6) is 5.75 Å². The molecule has 1 aromatic heterocycles. The van der Waals surface area contributed by atoms with E-state index in [0.717, 1.165) is 6.07 Å². The third-order valence-electron chi connectivity index (χ3n) is 3.55. The zero-order valence-electron chi connectivity index (χ0n) is 12.9. The van der Waals surface area contributed by atoms with Gasteiger partial charge in [0.2, 0.25) is 11.5 Å². The molecular formula is C16H16F3NO4. The molecule has 1 unspecified atom stereocenters. The molecule has 0 spiro atoms. The smallest absolute Gasteiger partial charge is 0.425 e. The van der Waals surface area contributed by atoms with Gasteiger partial charge in [-0.25, -0.2) is 0 Å². The molecule has 0 aliphatic rings. The van der Waals surface area contributed by atoms with Gasteiger partial charge >= 0.3 is 6.18 Å².